The van der Waals surface area contributed by atoms with E-state index in [1.54, 1.807) is 0 Å². The highest BCUT2D eigenvalue weighted by Gasteiger charge is 2.36. The molecule has 1 N–H and O–H groups in total. The zero-order chi connectivity index (χ0) is 19.7. The first-order valence-electron chi connectivity index (χ1n) is 8.79. The molecule has 0 aromatic heterocycles. The van der Waals surface area contributed by atoms with Gasteiger partial charge in [0, 0.05) is 25.6 Å². The normalized spacial score (nSPS) is 21.8. The standard InChI is InChI=1S/C17H21F3N2O4S/c18-17(19,20)26-14-5-7-15(8-6-14)27(24,25)21-10-12-9-16(23)22(11-12)13-3-1-2-4-13/h5-8,12-13,21H,1-4,9-11H2. The molecule has 1 saturated carbocycles. The van der Waals surface area contributed by atoms with Gasteiger partial charge in [-0.15, -0.1) is 13.2 Å². The molecule has 1 aliphatic carbocycles. The van der Waals surface area contributed by atoms with E-state index in [1.165, 1.54) is 0 Å². The molecule has 150 valence electrons. The first-order valence-corrected chi connectivity index (χ1v) is 10.3. The van der Waals surface area contributed by atoms with Crippen LogP contribution < -0.4 is 9.46 Å². The molecule has 3 rings (SSSR count). The van der Waals surface area contributed by atoms with Crippen LogP contribution in [-0.2, 0) is 14.8 Å². The van der Waals surface area contributed by atoms with Crippen LogP contribution in [-0.4, -0.2) is 44.7 Å². The molecule has 1 aliphatic heterocycles. The third-order valence-corrected chi connectivity index (χ3v) is 6.37. The monoisotopic (exact) mass is 406 g/mol. The van der Waals surface area contributed by atoms with Gasteiger partial charge in [-0.3, -0.25) is 4.79 Å². The van der Waals surface area contributed by atoms with Gasteiger partial charge in [-0.25, -0.2) is 13.1 Å². The smallest absolute Gasteiger partial charge is 0.406 e. The predicted molar refractivity (Wildman–Crippen MR) is 90.4 cm³/mol. The highest BCUT2D eigenvalue weighted by atomic mass is 32.2. The van der Waals surface area contributed by atoms with Gasteiger partial charge in [0.1, 0.15) is 5.75 Å². The molecule has 1 amide bonds. The molecule has 2 aliphatic rings. The van der Waals surface area contributed by atoms with E-state index < -0.39 is 22.1 Å². The number of hydrogen-bond donors (Lipinski definition) is 1. The first-order chi connectivity index (χ1) is 12.6. The lowest BCUT2D eigenvalue weighted by atomic mass is 10.1. The summed E-state index contributed by atoms with van der Waals surface area (Å²) in [5.74, 6) is -0.546. The number of halogens is 3. The van der Waals surface area contributed by atoms with Crippen molar-refractivity contribution in [2.45, 2.75) is 49.4 Å². The van der Waals surface area contributed by atoms with Crippen molar-refractivity contribution in [1.82, 2.24) is 9.62 Å². The van der Waals surface area contributed by atoms with Crippen LogP contribution in [0.3, 0.4) is 0 Å². The van der Waals surface area contributed by atoms with E-state index in [9.17, 15) is 26.4 Å². The molecular weight excluding hydrogens is 385 g/mol. The Morgan fingerprint density at radius 2 is 1.78 bits per heavy atom. The molecule has 2 fully saturated rings. The third-order valence-electron chi connectivity index (χ3n) is 4.93. The molecule has 6 nitrogen and oxygen atoms in total. The number of hydrogen-bond acceptors (Lipinski definition) is 4. The summed E-state index contributed by atoms with van der Waals surface area (Å²) >= 11 is 0. The molecule has 0 spiro atoms. The zero-order valence-corrected chi connectivity index (χ0v) is 15.4. The van der Waals surface area contributed by atoms with Crippen molar-refractivity contribution >= 4 is 15.9 Å². The number of nitrogens with zero attached hydrogens (tertiary/aromatic N) is 1. The lowest BCUT2D eigenvalue weighted by Crippen LogP contribution is -2.36. The highest BCUT2D eigenvalue weighted by molar-refractivity contribution is 7.89. The van der Waals surface area contributed by atoms with Crippen LogP contribution in [0, 0.1) is 5.92 Å². The van der Waals surface area contributed by atoms with Gasteiger partial charge in [-0.05, 0) is 43.0 Å². The van der Waals surface area contributed by atoms with Crippen molar-refractivity contribution in [3.05, 3.63) is 24.3 Å². The summed E-state index contributed by atoms with van der Waals surface area (Å²) in [6.07, 6.45) is -0.317. The van der Waals surface area contributed by atoms with Crippen molar-refractivity contribution < 1.29 is 31.1 Å². The van der Waals surface area contributed by atoms with Gasteiger partial charge in [-0.2, -0.15) is 0 Å². The fourth-order valence-corrected chi connectivity index (χ4v) is 4.76. The van der Waals surface area contributed by atoms with Gasteiger partial charge in [-0.1, -0.05) is 12.8 Å². The number of likely N-dealkylation sites (tertiary alicyclic amines) is 1. The maximum absolute atomic E-state index is 12.3. The fraction of sp³-hybridized carbons (Fsp3) is 0.588. The lowest BCUT2D eigenvalue weighted by Gasteiger charge is -2.24. The quantitative estimate of drug-likeness (QED) is 0.788. The molecule has 10 heteroatoms. The minimum atomic E-state index is -4.83. The van der Waals surface area contributed by atoms with Crippen molar-refractivity contribution in [3.8, 4) is 5.75 Å². The van der Waals surface area contributed by atoms with E-state index in [1.807, 2.05) is 4.90 Å². The fourth-order valence-electron chi connectivity index (χ4n) is 3.65. The van der Waals surface area contributed by atoms with Crippen molar-refractivity contribution in [2.75, 3.05) is 13.1 Å². The number of alkyl halides is 3. The van der Waals surface area contributed by atoms with Crippen molar-refractivity contribution in [2.24, 2.45) is 5.92 Å². The molecule has 1 saturated heterocycles. The average Bonchev–Trinajstić information content (AvgIpc) is 3.21. The predicted octanol–water partition coefficient (Wildman–Crippen LogP) is 2.65. The maximum atomic E-state index is 12.3. The second-order valence-electron chi connectivity index (χ2n) is 6.93. The average molecular weight is 406 g/mol. The van der Waals surface area contributed by atoms with E-state index in [4.69, 9.17) is 0 Å². The van der Waals surface area contributed by atoms with Gasteiger partial charge in [0.25, 0.3) is 0 Å². The zero-order valence-electron chi connectivity index (χ0n) is 14.5. The Morgan fingerprint density at radius 3 is 2.37 bits per heavy atom. The van der Waals surface area contributed by atoms with Gasteiger partial charge >= 0.3 is 6.36 Å². The molecule has 1 aromatic carbocycles. The van der Waals surface area contributed by atoms with Crippen LogP contribution in [0.15, 0.2) is 29.2 Å². The van der Waals surface area contributed by atoms with Crippen LogP contribution in [0.4, 0.5) is 13.2 Å². The Balaban J connectivity index is 1.56. The largest absolute Gasteiger partial charge is 0.573 e. The van der Waals surface area contributed by atoms with Gasteiger partial charge in [0.05, 0.1) is 4.90 Å². The topological polar surface area (TPSA) is 75.7 Å². The number of sulfonamides is 1. The van der Waals surface area contributed by atoms with Gasteiger partial charge < -0.3 is 9.64 Å². The summed E-state index contributed by atoms with van der Waals surface area (Å²) in [4.78, 5) is 13.9. The lowest BCUT2D eigenvalue weighted by molar-refractivity contribution is -0.274. The molecule has 0 radical (unpaired) electrons. The Hall–Kier alpha value is -1.81. The van der Waals surface area contributed by atoms with E-state index in [-0.39, 0.29) is 29.3 Å². The van der Waals surface area contributed by atoms with Crippen LogP contribution >= 0.6 is 0 Å². The molecule has 27 heavy (non-hydrogen) atoms. The van der Waals surface area contributed by atoms with E-state index in [0.717, 1.165) is 49.9 Å². The molecular formula is C17H21F3N2O4S. The Labute approximate surface area is 155 Å². The summed E-state index contributed by atoms with van der Waals surface area (Å²) in [7, 11) is -3.88. The second kappa shape index (κ2) is 7.67. The summed E-state index contributed by atoms with van der Waals surface area (Å²) in [6, 6.07) is 4.26. The van der Waals surface area contributed by atoms with Crippen molar-refractivity contribution in [1.29, 1.82) is 0 Å². The molecule has 0 bridgehead atoms. The minimum Gasteiger partial charge on any atom is -0.406 e. The Morgan fingerprint density at radius 1 is 1.15 bits per heavy atom. The number of carbonyl (C=O) groups excluding carboxylic acids is 1. The molecule has 1 atom stereocenters. The van der Waals surface area contributed by atoms with E-state index in [0.29, 0.717) is 13.0 Å². The number of nitrogens with one attached hydrogen (secondary N) is 1. The number of benzene rings is 1. The third kappa shape index (κ3) is 5.13. The highest BCUT2D eigenvalue weighted by Crippen LogP contribution is 2.29. The molecule has 1 unspecified atom stereocenters. The molecule has 1 heterocycles. The van der Waals surface area contributed by atoms with Crippen LogP contribution in [0.2, 0.25) is 0 Å². The summed E-state index contributed by atoms with van der Waals surface area (Å²) < 4.78 is 67.3. The number of carbonyl (C=O) groups is 1. The van der Waals surface area contributed by atoms with Crippen LogP contribution in [0.5, 0.6) is 5.75 Å². The van der Waals surface area contributed by atoms with Crippen LogP contribution in [0.1, 0.15) is 32.1 Å². The SMILES string of the molecule is O=C1CC(CNS(=O)(=O)c2ccc(OC(F)(F)F)cc2)CN1C1CCCC1. The van der Waals surface area contributed by atoms with E-state index in [2.05, 4.69) is 9.46 Å². The van der Waals surface area contributed by atoms with Crippen molar-refractivity contribution in [3.63, 3.8) is 0 Å². The number of rotatable bonds is 6. The summed E-state index contributed by atoms with van der Waals surface area (Å²) in [5, 5.41) is 0. The van der Waals surface area contributed by atoms with E-state index >= 15 is 0 Å². The molecule has 1 aromatic rings. The first kappa shape index (κ1) is 19.9. The van der Waals surface area contributed by atoms with Crippen LogP contribution in [0.25, 0.3) is 0 Å². The second-order valence-corrected chi connectivity index (χ2v) is 8.69. The maximum Gasteiger partial charge on any atom is 0.573 e. The number of ether oxygens (including phenoxy) is 1. The summed E-state index contributed by atoms with van der Waals surface area (Å²) in [6.45, 7) is 0.641. The summed E-state index contributed by atoms with van der Waals surface area (Å²) in [5.41, 5.74) is 0. The Bertz CT molecular complexity index is 774. The van der Waals surface area contributed by atoms with Gasteiger partial charge in [0.2, 0.25) is 15.9 Å². The Kier molecular flexibility index (Phi) is 5.66. The number of amides is 1. The minimum absolute atomic E-state index is 0.0553. The van der Waals surface area contributed by atoms with Gasteiger partial charge in [0.15, 0.2) is 0 Å².